The van der Waals surface area contributed by atoms with Crippen molar-refractivity contribution in [2.75, 3.05) is 29.7 Å². The number of aromatic nitrogens is 2. The first kappa shape index (κ1) is 12.9. The molecule has 6 heteroatoms. The largest absolute Gasteiger partial charge is 0.367 e. The first-order valence-corrected chi connectivity index (χ1v) is 6.92. The van der Waals surface area contributed by atoms with Crippen LogP contribution in [0.15, 0.2) is 12.3 Å². The summed E-state index contributed by atoms with van der Waals surface area (Å²) in [5, 5.41) is 6.13. The highest BCUT2D eigenvalue weighted by Crippen LogP contribution is 2.08. The lowest BCUT2D eigenvalue weighted by molar-refractivity contribution is 0.678. The molecule has 0 aliphatic heterocycles. The van der Waals surface area contributed by atoms with E-state index in [-0.39, 0.29) is 6.04 Å². The fourth-order valence-electron chi connectivity index (χ4n) is 1.23. The molecule has 0 aliphatic rings. The van der Waals surface area contributed by atoms with E-state index in [1.54, 1.807) is 19.5 Å². The maximum Gasteiger partial charge on any atom is 0.224 e. The summed E-state index contributed by atoms with van der Waals surface area (Å²) in [5.41, 5.74) is 0. The number of nitrogens with zero attached hydrogens (tertiary/aromatic N) is 2. The molecule has 0 saturated carbocycles. The Labute approximate surface area is 98.5 Å². The molecule has 0 amide bonds. The maximum atomic E-state index is 10.9. The number of anilines is 2. The van der Waals surface area contributed by atoms with Gasteiger partial charge in [-0.1, -0.05) is 0 Å². The summed E-state index contributed by atoms with van der Waals surface area (Å²) in [4.78, 5) is 8.28. The summed E-state index contributed by atoms with van der Waals surface area (Å²) < 4.78 is 10.9. The van der Waals surface area contributed by atoms with Crippen LogP contribution in [0.5, 0.6) is 0 Å². The summed E-state index contributed by atoms with van der Waals surface area (Å²) in [6.07, 6.45) is 4.28. The molecule has 1 heterocycles. The average Bonchev–Trinajstić information content (AvgIpc) is 2.26. The summed E-state index contributed by atoms with van der Waals surface area (Å²) in [6.45, 7) is 2.05. The van der Waals surface area contributed by atoms with Gasteiger partial charge in [-0.25, -0.2) is 4.98 Å². The Kier molecular flexibility index (Phi) is 5.18. The summed E-state index contributed by atoms with van der Waals surface area (Å²) in [7, 11) is 1.05. The van der Waals surface area contributed by atoms with E-state index in [9.17, 15) is 4.21 Å². The average molecular weight is 242 g/mol. The topological polar surface area (TPSA) is 66.9 Å². The van der Waals surface area contributed by atoms with Gasteiger partial charge in [0.15, 0.2) is 0 Å². The van der Waals surface area contributed by atoms with E-state index in [2.05, 4.69) is 20.6 Å². The molecule has 16 heavy (non-hydrogen) atoms. The van der Waals surface area contributed by atoms with E-state index >= 15 is 0 Å². The molecule has 0 bridgehead atoms. The van der Waals surface area contributed by atoms with Gasteiger partial charge in [-0.2, -0.15) is 4.98 Å². The molecular weight excluding hydrogens is 224 g/mol. The van der Waals surface area contributed by atoms with E-state index < -0.39 is 10.8 Å². The lowest BCUT2D eigenvalue weighted by Gasteiger charge is -2.13. The Morgan fingerprint density at radius 3 is 2.94 bits per heavy atom. The van der Waals surface area contributed by atoms with Crippen molar-refractivity contribution in [1.29, 1.82) is 0 Å². The van der Waals surface area contributed by atoms with Crippen LogP contribution in [0, 0.1) is 0 Å². The summed E-state index contributed by atoms with van der Waals surface area (Å²) >= 11 is 0. The number of hydrogen-bond donors (Lipinski definition) is 2. The number of rotatable bonds is 6. The lowest BCUT2D eigenvalue weighted by atomic mass is 10.2. The Morgan fingerprint density at radius 2 is 2.31 bits per heavy atom. The molecule has 0 saturated heterocycles. The van der Waals surface area contributed by atoms with Crippen LogP contribution < -0.4 is 10.6 Å². The fraction of sp³-hybridized carbons (Fsp3) is 0.600. The molecule has 0 fully saturated rings. The second kappa shape index (κ2) is 6.42. The molecule has 0 aliphatic carbocycles. The standard InChI is InChI=1S/C10H18N4OS/c1-8(5-7-16(3)15)13-9-4-6-12-10(11-2)14-9/h4,6,8H,5,7H2,1-3H3,(H2,11,12,13,14). The van der Waals surface area contributed by atoms with E-state index in [1.807, 2.05) is 13.0 Å². The van der Waals surface area contributed by atoms with Gasteiger partial charge in [0.25, 0.3) is 0 Å². The van der Waals surface area contributed by atoms with Crippen LogP contribution in [0.3, 0.4) is 0 Å². The Morgan fingerprint density at radius 1 is 1.56 bits per heavy atom. The second-order valence-electron chi connectivity index (χ2n) is 3.63. The molecule has 5 nitrogen and oxygen atoms in total. The van der Waals surface area contributed by atoms with E-state index in [1.165, 1.54) is 0 Å². The summed E-state index contributed by atoms with van der Waals surface area (Å²) in [5.74, 6) is 2.09. The van der Waals surface area contributed by atoms with Crippen molar-refractivity contribution in [2.45, 2.75) is 19.4 Å². The van der Waals surface area contributed by atoms with Gasteiger partial charge in [0.1, 0.15) is 5.82 Å². The van der Waals surface area contributed by atoms with E-state index in [0.717, 1.165) is 12.2 Å². The zero-order chi connectivity index (χ0) is 12.0. The predicted octanol–water partition coefficient (Wildman–Crippen LogP) is 1.09. The zero-order valence-electron chi connectivity index (χ0n) is 9.86. The van der Waals surface area contributed by atoms with Crippen molar-refractivity contribution < 1.29 is 4.21 Å². The van der Waals surface area contributed by atoms with E-state index in [4.69, 9.17) is 0 Å². The van der Waals surface area contributed by atoms with Crippen LogP contribution in [-0.2, 0) is 10.8 Å². The zero-order valence-corrected chi connectivity index (χ0v) is 10.7. The molecule has 0 aromatic carbocycles. The highest BCUT2D eigenvalue weighted by atomic mass is 32.2. The van der Waals surface area contributed by atoms with Gasteiger partial charge in [-0.05, 0) is 19.4 Å². The smallest absolute Gasteiger partial charge is 0.224 e. The molecule has 1 aromatic rings. The third kappa shape index (κ3) is 4.57. The van der Waals surface area contributed by atoms with Gasteiger partial charge in [-0.15, -0.1) is 0 Å². The molecule has 0 spiro atoms. The minimum atomic E-state index is -0.735. The molecule has 2 unspecified atom stereocenters. The van der Waals surface area contributed by atoms with Crippen molar-refractivity contribution >= 4 is 22.6 Å². The predicted molar refractivity (Wildman–Crippen MR) is 68.2 cm³/mol. The van der Waals surface area contributed by atoms with Crippen LogP contribution in [0.4, 0.5) is 11.8 Å². The number of nitrogens with one attached hydrogen (secondary N) is 2. The SMILES string of the molecule is CNc1nccc(NC(C)CCS(C)=O)n1. The van der Waals surface area contributed by atoms with Crippen LogP contribution >= 0.6 is 0 Å². The third-order valence-corrected chi connectivity index (χ3v) is 2.92. The molecule has 90 valence electrons. The Bertz CT molecular complexity index is 358. The Hall–Kier alpha value is -1.17. The molecule has 1 rings (SSSR count). The molecule has 1 aromatic heterocycles. The van der Waals surface area contributed by atoms with Crippen molar-refractivity contribution in [3.8, 4) is 0 Å². The van der Waals surface area contributed by atoms with Gasteiger partial charge in [-0.3, -0.25) is 4.21 Å². The third-order valence-electron chi connectivity index (χ3n) is 2.11. The molecular formula is C10H18N4OS. The monoisotopic (exact) mass is 242 g/mol. The fourth-order valence-corrected chi connectivity index (χ4v) is 1.91. The Balaban J connectivity index is 2.48. The van der Waals surface area contributed by atoms with Crippen molar-refractivity contribution in [3.05, 3.63) is 12.3 Å². The van der Waals surface area contributed by atoms with Gasteiger partial charge >= 0.3 is 0 Å². The van der Waals surface area contributed by atoms with Crippen molar-refractivity contribution in [2.24, 2.45) is 0 Å². The highest BCUT2D eigenvalue weighted by Gasteiger charge is 2.04. The van der Waals surface area contributed by atoms with Crippen LogP contribution in [0.25, 0.3) is 0 Å². The van der Waals surface area contributed by atoms with Crippen molar-refractivity contribution in [1.82, 2.24) is 9.97 Å². The first-order valence-electron chi connectivity index (χ1n) is 5.19. The molecule has 0 radical (unpaired) electrons. The highest BCUT2D eigenvalue weighted by molar-refractivity contribution is 7.84. The van der Waals surface area contributed by atoms with Crippen LogP contribution in [0.2, 0.25) is 0 Å². The normalized spacial score (nSPS) is 14.2. The van der Waals surface area contributed by atoms with Gasteiger partial charge in [0.2, 0.25) is 5.95 Å². The number of hydrogen-bond acceptors (Lipinski definition) is 5. The maximum absolute atomic E-state index is 10.9. The van der Waals surface area contributed by atoms with E-state index in [0.29, 0.717) is 11.7 Å². The molecule has 2 N–H and O–H groups in total. The minimum absolute atomic E-state index is 0.253. The second-order valence-corrected chi connectivity index (χ2v) is 5.18. The van der Waals surface area contributed by atoms with Gasteiger partial charge < -0.3 is 10.6 Å². The quantitative estimate of drug-likeness (QED) is 0.781. The molecule has 2 atom stereocenters. The lowest BCUT2D eigenvalue weighted by Crippen LogP contribution is -2.18. The van der Waals surface area contributed by atoms with Crippen LogP contribution in [-0.4, -0.2) is 39.3 Å². The summed E-state index contributed by atoms with van der Waals surface area (Å²) in [6, 6.07) is 2.07. The minimum Gasteiger partial charge on any atom is -0.367 e. The van der Waals surface area contributed by atoms with Crippen molar-refractivity contribution in [3.63, 3.8) is 0 Å². The van der Waals surface area contributed by atoms with Gasteiger partial charge in [0, 0.05) is 42.1 Å². The van der Waals surface area contributed by atoms with Gasteiger partial charge in [0.05, 0.1) is 0 Å². The first-order chi connectivity index (χ1) is 7.61. The van der Waals surface area contributed by atoms with Crippen LogP contribution in [0.1, 0.15) is 13.3 Å².